The molecule has 0 aliphatic carbocycles. The van der Waals surface area contributed by atoms with Gasteiger partial charge in [0, 0.05) is 21.8 Å². The van der Waals surface area contributed by atoms with Crippen LogP contribution in [0.5, 0.6) is 11.5 Å². The van der Waals surface area contributed by atoms with Gasteiger partial charge in [-0.1, -0.05) is 15.9 Å². The minimum absolute atomic E-state index is 0.449. The Balaban J connectivity index is 2.12. The SMILES string of the molecule is COc1cc(N)ccc1COc1ccc(Br)c(C)c1. The summed E-state index contributed by atoms with van der Waals surface area (Å²) in [6, 6.07) is 11.5. The van der Waals surface area contributed by atoms with Crippen LogP contribution in [0.15, 0.2) is 40.9 Å². The molecule has 2 N–H and O–H groups in total. The van der Waals surface area contributed by atoms with E-state index in [-0.39, 0.29) is 0 Å². The number of hydrogen-bond acceptors (Lipinski definition) is 3. The molecule has 100 valence electrons. The summed E-state index contributed by atoms with van der Waals surface area (Å²) in [6.45, 7) is 2.48. The average molecular weight is 322 g/mol. The van der Waals surface area contributed by atoms with E-state index in [1.807, 2.05) is 37.3 Å². The first kappa shape index (κ1) is 13.7. The van der Waals surface area contributed by atoms with Gasteiger partial charge in [0.2, 0.25) is 0 Å². The Morgan fingerprint density at radius 3 is 2.63 bits per heavy atom. The number of hydrogen-bond donors (Lipinski definition) is 1. The van der Waals surface area contributed by atoms with Crippen molar-refractivity contribution >= 4 is 21.6 Å². The molecule has 0 saturated carbocycles. The van der Waals surface area contributed by atoms with Crippen LogP contribution in [0, 0.1) is 6.92 Å². The predicted octanol–water partition coefficient (Wildman–Crippen LogP) is 3.93. The fourth-order valence-corrected chi connectivity index (χ4v) is 2.00. The van der Waals surface area contributed by atoms with Crippen molar-refractivity contribution in [2.24, 2.45) is 0 Å². The maximum Gasteiger partial charge on any atom is 0.127 e. The molecule has 0 fully saturated rings. The van der Waals surface area contributed by atoms with Crippen molar-refractivity contribution in [1.82, 2.24) is 0 Å². The Morgan fingerprint density at radius 1 is 1.16 bits per heavy atom. The zero-order chi connectivity index (χ0) is 13.8. The molecular weight excluding hydrogens is 306 g/mol. The normalized spacial score (nSPS) is 10.3. The summed E-state index contributed by atoms with van der Waals surface area (Å²) in [5.74, 6) is 1.58. The van der Waals surface area contributed by atoms with Crippen LogP contribution in [0.1, 0.15) is 11.1 Å². The van der Waals surface area contributed by atoms with E-state index in [0.29, 0.717) is 12.3 Å². The molecular formula is C15H16BrNO2. The lowest BCUT2D eigenvalue weighted by molar-refractivity contribution is 0.296. The average Bonchev–Trinajstić information content (AvgIpc) is 2.41. The van der Waals surface area contributed by atoms with Crippen molar-refractivity contribution in [1.29, 1.82) is 0 Å². The highest BCUT2D eigenvalue weighted by molar-refractivity contribution is 9.10. The Bertz CT molecular complexity index is 584. The lowest BCUT2D eigenvalue weighted by atomic mass is 10.2. The second kappa shape index (κ2) is 5.97. The number of aryl methyl sites for hydroxylation is 1. The first-order valence-electron chi connectivity index (χ1n) is 5.91. The molecule has 0 saturated heterocycles. The summed E-state index contributed by atoms with van der Waals surface area (Å²) < 4.78 is 12.1. The number of nitrogen functional groups attached to an aromatic ring is 1. The van der Waals surface area contributed by atoms with Gasteiger partial charge in [0.15, 0.2) is 0 Å². The van der Waals surface area contributed by atoms with Crippen LogP contribution >= 0.6 is 15.9 Å². The quantitative estimate of drug-likeness (QED) is 0.868. The summed E-state index contributed by atoms with van der Waals surface area (Å²) in [5, 5.41) is 0. The number of ether oxygens (including phenoxy) is 2. The third-order valence-electron chi connectivity index (χ3n) is 2.83. The van der Waals surface area contributed by atoms with Gasteiger partial charge in [-0.25, -0.2) is 0 Å². The van der Waals surface area contributed by atoms with E-state index in [2.05, 4.69) is 15.9 Å². The Morgan fingerprint density at radius 2 is 1.95 bits per heavy atom. The highest BCUT2D eigenvalue weighted by atomic mass is 79.9. The van der Waals surface area contributed by atoms with Crippen LogP contribution in [0.3, 0.4) is 0 Å². The summed E-state index contributed by atoms with van der Waals surface area (Å²) in [7, 11) is 1.63. The molecule has 0 aromatic heterocycles. The van der Waals surface area contributed by atoms with Gasteiger partial charge in [0.1, 0.15) is 18.1 Å². The maximum atomic E-state index is 5.77. The number of anilines is 1. The first-order chi connectivity index (χ1) is 9.10. The molecule has 0 aliphatic rings. The van der Waals surface area contributed by atoms with Crippen LogP contribution in [-0.2, 0) is 6.61 Å². The van der Waals surface area contributed by atoms with Gasteiger partial charge in [0.25, 0.3) is 0 Å². The molecule has 0 unspecified atom stereocenters. The highest BCUT2D eigenvalue weighted by Gasteiger charge is 2.05. The molecule has 0 atom stereocenters. The third kappa shape index (κ3) is 3.41. The lowest BCUT2D eigenvalue weighted by Gasteiger charge is -2.11. The minimum Gasteiger partial charge on any atom is -0.496 e. The Labute approximate surface area is 121 Å². The Kier molecular flexibility index (Phi) is 4.32. The number of rotatable bonds is 4. The van der Waals surface area contributed by atoms with Crippen LogP contribution in [0.25, 0.3) is 0 Å². The van der Waals surface area contributed by atoms with E-state index in [0.717, 1.165) is 27.1 Å². The van der Waals surface area contributed by atoms with Crippen molar-refractivity contribution in [3.63, 3.8) is 0 Å². The second-order valence-electron chi connectivity index (χ2n) is 4.27. The zero-order valence-electron chi connectivity index (χ0n) is 10.9. The molecule has 0 amide bonds. The summed E-state index contributed by atoms with van der Waals surface area (Å²) >= 11 is 3.47. The molecule has 3 nitrogen and oxygen atoms in total. The van der Waals surface area contributed by atoms with Crippen LogP contribution < -0.4 is 15.2 Å². The van der Waals surface area contributed by atoms with Crippen molar-refractivity contribution in [3.05, 3.63) is 52.0 Å². The van der Waals surface area contributed by atoms with Crippen molar-refractivity contribution < 1.29 is 9.47 Å². The van der Waals surface area contributed by atoms with E-state index in [1.165, 1.54) is 0 Å². The molecule has 0 radical (unpaired) electrons. The molecule has 19 heavy (non-hydrogen) atoms. The van der Waals surface area contributed by atoms with E-state index < -0.39 is 0 Å². The molecule has 2 rings (SSSR count). The highest BCUT2D eigenvalue weighted by Crippen LogP contribution is 2.25. The molecule has 2 aromatic rings. The zero-order valence-corrected chi connectivity index (χ0v) is 12.5. The topological polar surface area (TPSA) is 44.5 Å². The van der Waals surface area contributed by atoms with Crippen molar-refractivity contribution in [3.8, 4) is 11.5 Å². The smallest absolute Gasteiger partial charge is 0.127 e. The fourth-order valence-electron chi connectivity index (χ4n) is 1.75. The van der Waals surface area contributed by atoms with E-state index in [1.54, 1.807) is 13.2 Å². The van der Waals surface area contributed by atoms with Gasteiger partial charge >= 0.3 is 0 Å². The summed E-state index contributed by atoms with van der Waals surface area (Å²) in [4.78, 5) is 0. The molecule has 0 heterocycles. The van der Waals surface area contributed by atoms with E-state index in [9.17, 15) is 0 Å². The van der Waals surface area contributed by atoms with E-state index in [4.69, 9.17) is 15.2 Å². The molecule has 0 aliphatic heterocycles. The van der Waals surface area contributed by atoms with Crippen molar-refractivity contribution in [2.45, 2.75) is 13.5 Å². The lowest BCUT2D eigenvalue weighted by Crippen LogP contribution is -2.00. The van der Waals surface area contributed by atoms with Gasteiger partial charge in [0.05, 0.1) is 7.11 Å². The van der Waals surface area contributed by atoms with Crippen molar-refractivity contribution in [2.75, 3.05) is 12.8 Å². The predicted molar refractivity (Wildman–Crippen MR) is 80.6 cm³/mol. The van der Waals surface area contributed by atoms with Gasteiger partial charge in [-0.3, -0.25) is 0 Å². The largest absolute Gasteiger partial charge is 0.496 e. The number of methoxy groups -OCH3 is 1. The number of nitrogens with two attached hydrogens (primary N) is 1. The summed E-state index contributed by atoms with van der Waals surface area (Å²) in [6.07, 6.45) is 0. The van der Waals surface area contributed by atoms with Gasteiger partial charge in [-0.2, -0.15) is 0 Å². The Hall–Kier alpha value is -1.68. The minimum atomic E-state index is 0.449. The van der Waals surface area contributed by atoms with Crippen LogP contribution in [0.4, 0.5) is 5.69 Å². The molecule has 0 bridgehead atoms. The maximum absolute atomic E-state index is 5.77. The van der Waals surface area contributed by atoms with Gasteiger partial charge in [-0.15, -0.1) is 0 Å². The number of halogens is 1. The van der Waals surface area contributed by atoms with Gasteiger partial charge in [-0.05, 0) is 42.8 Å². The standard InChI is InChI=1S/C15H16BrNO2/c1-10-7-13(5-6-14(10)16)19-9-11-3-4-12(17)8-15(11)18-2/h3-8H,9,17H2,1-2H3. The molecule has 4 heteroatoms. The first-order valence-corrected chi connectivity index (χ1v) is 6.71. The van der Waals surface area contributed by atoms with E-state index >= 15 is 0 Å². The third-order valence-corrected chi connectivity index (χ3v) is 3.72. The van der Waals surface area contributed by atoms with Crippen LogP contribution in [-0.4, -0.2) is 7.11 Å². The molecule has 2 aromatic carbocycles. The number of benzene rings is 2. The second-order valence-corrected chi connectivity index (χ2v) is 5.13. The van der Waals surface area contributed by atoms with Crippen LogP contribution in [0.2, 0.25) is 0 Å². The monoisotopic (exact) mass is 321 g/mol. The van der Waals surface area contributed by atoms with Gasteiger partial charge < -0.3 is 15.2 Å². The molecule has 0 spiro atoms. The summed E-state index contributed by atoms with van der Waals surface area (Å²) in [5.41, 5.74) is 8.51. The fraction of sp³-hybridized carbons (Fsp3) is 0.200.